The van der Waals surface area contributed by atoms with Crippen molar-refractivity contribution < 1.29 is 4.74 Å². The van der Waals surface area contributed by atoms with E-state index in [9.17, 15) is 0 Å². The van der Waals surface area contributed by atoms with Crippen LogP contribution in [0.5, 0.6) is 11.5 Å². The molecule has 0 unspecified atom stereocenters. The lowest BCUT2D eigenvalue weighted by Crippen LogP contribution is -1.90. The SMILES string of the molecule is Cc1ccc(Oc2ccc(C)cc2CCl)cc1. The van der Waals surface area contributed by atoms with Gasteiger partial charge in [-0.3, -0.25) is 0 Å². The summed E-state index contributed by atoms with van der Waals surface area (Å²) in [7, 11) is 0. The van der Waals surface area contributed by atoms with E-state index in [1.54, 1.807) is 0 Å². The number of ether oxygens (including phenoxy) is 1. The molecule has 2 aromatic rings. The van der Waals surface area contributed by atoms with Crippen LogP contribution in [0.1, 0.15) is 16.7 Å². The molecule has 0 bridgehead atoms. The topological polar surface area (TPSA) is 9.23 Å². The van der Waals surface area contributed by atoms with Crippen molar-refractivity contribution >= 4 is 11.6 Å². The maximum atomic E-state index is 5.92. The summed E-state index contributed by atoms with van der Waals surface area (Å²) < 4.78 is 5.83. The minimum absolute atomic E-state index is 0.461. The monoisotopic (exact) mass is 246 g/mol. The maximum absolute atomic E-state index is 5.92. The molecule has 17 heavy (non-hydrogen) atoms. The summed E-state index contributed by atoms with van der Waals surface area (Å²) >= 11 is 5.92. The van der Waals surface area contributed by atoms with Crippen LogP contribution >= 0.6 is 11.6 Å². The number of benzene rings is 2. The molecule has 0 saturated carbocycles. The van der Waals surface area contributed by atoms with Gasteiger partial charge in [0.25, 0.3) is 0 Å². The van der Waals surface area contributed by atoms with Gasteiger partial charge in [0, 0.05) is 5.56 Å². The van der Waals surface area contributed by atoms with Gasteiger partial charge in [0.05, 0.1) is 5.88 Å². The molecule has 1 nitrogen and oxygen atoms in total. The van der Waals surface area contributed by atoms with Gasteiger partial charge in [-0.1, -0.05) is 35.4 Å². The van der Waals surface area contributed by atoms with Crippen molar-refractivity contribution in [3.8, 4) is 11.5 Å². The molecule has 0 radical (unpaired) electrons. The van der Waals surface area contributed by atoms with Gasteiger partial charge >= 0.3 is 0 Å². The molecule has 2 aromatic carbocycles. The van der Waals surface area contributed by atoms with Gasteiger partial charge < -0.3 is 4.74 Å². The van der Waals surface area contributed by atoms with Crippen molar-refractivity contribution in [1.29, 1.82) is 0 Å². The molecule has 0 aliphatic heterocycles. The summed E-state index contributed by atoms with van der Waals surface area (Å²) in [6.07, 6.45) is 0. The Hall–Kier alpha value is -1.47. The van der Waals surface area contributed by atoms with E-state index in [-0.39, 0.29) is 0 Å². The number of rotatable bonds is 3. The van der Waals surface area contributed by atoms with E-state index in [0.29, 0.717) is 5.88 Å². The van der Waals surface area contributed by atoms with E-state index in [0.717, 1.165) is 17.1 Å². The van der Waals surface area contributed by atoms with Crippen LogP contribution in [-0.2, 0) is 5.88 Å². The molecule has 2 rings (SSSR count). The minimum atomic E-state index is 0.461. The molecule has 0 N–H and O–H groups in total. The van der Waals surface area contributed by atoms with Gasteiger partial charge in [0.1, 0.15) is 11.5 Å². The summed E-state index contributed by atoms with van der Waals surface area (Å²) in [5, 5.41) is 0. The van der Waals surface area contributed by atoms with Gasteiger partial charge in [0.15, 0.2) is 0 Å². The molecule has 2 heteroatoms. The van der Waals surface area contributed by atoms with Crippen molar-refractivity contribution in [3.05, 3.63) is 59.2 Å². The molecule has 0 heterocycles. The first-order valence-electron chi connectivity index (χ1n) is 5.59. The lowest BCUT2D eigenvalue weighted by Gasteiger charge is -2.10. The fraction of sp³-hybridized carbons (Fsp3) is 0.200. The number of halogens is 1. The molecular formula is C15H15ClO. The third-order valence-corrected chi connectivity index (χ3v) is 2.90. The Morgan fingerprint density at radius 3 is 2.24 bits per heavy atom. The first-order valence-corrected chi connectivity index (χ1v) is 6.12. The number of hydrogen-bond donors (Lipinski definition) is 0. The highest BCUT2D eigenvalue weighted by molar-refractivity contribution is 6.17. The molecule has 0 fully saturated rings. The minimum Gasteiger partial charge on any atom is -0.457 e. The predicted molar refractivity (Wildman–Crippen MR) is 72.0 cm³/mol. The quantitative estimate of drug-likeness (QED) is 0.705. The van der Waals surface area contributed by atoms with Crippen LogP contribution in [0.15, 0.2) is 42.5 Å². The Kier molecular flexibility index (Phi) is 3.70. The van der Waals surface area contributed by atoms with Crippen LogP contribution in [0.4, 0.5) is 0 Å². The lowest BCUT2D eigenvalue weighted by molar-refractivity contribution is 0.478. The second kappa shape index (κ2) is 5.24. The molecule has 0 aliphatic rings. The van der Waals surface area contributed by atoms with E-state index in [2.05, 4.69) is 13.0 Å². The third-order valence-electron chi connectivity index (χ3n) is 2.61. The van der Waals surface area contributed by atoms with Gasteiger partial charge in [0.2, 0.25) is 0 Å². The largest absolute Gasteiger partial charge is 0.457 e. The van der Waals surface area contributed by atoms with Crippen LogP contribution in [-0.4, -0.2) is 0 Å². The maximum Gasteiger partial charge on any atom is 0.131 e. The fourth-order valence-corrected chi connectivity index (χ4v) is 1.85. The Bertz CT molecular complexity index is 503. The van der Waals surface area contributed by atoms with E-state index in [4.69, 9.17) is 16.3 Å². The smallest absolute Gasteiger partial charge is 0.131 e. The highest BCUT2D eigenvalue weighted by Crippen LogP contribution is 2.27. The molecule has 0 amide bonds. The Labute approximate surface area is 107 Å². The zero-order valence-corrected chi connectivity index (χ0v) is 10.8. The van der Waals surface area contributed by atoms with Gasteiger partial charge in [-0.2, -0.15) is 0 Å². The van der Waals surface area contributed by atoms with Crippen LogP contribution in [0, 0.1) is 13.8 Å². The van der Waals surface area contributed by atoms with Crippen molar-refractivity contribution in [3.63, 3.8) is 0 Å². The Morgan fingerprint density at radius 1 is 0.941 bits per heavy atom. The second-order valence-corrected chi connectivity index (χ2v) is 4.43. The van der Waals surface area contributed by atoms with Crippen LogP contribution < -0.4 is 4.74 Å². The summed E-state index contributed by atoms with van der Waals surface area (Å²) in [6, 6.07) is 14.0. The van der Waals surface area contributed by atoms with E-state index < -0.39 is 0 Å². The summed E-state index contributed by atoms with van der Waals surface area (Å²) in [6.45, 7) is 4.10. The predicted octanol–water partition coefficient (Wildman–Crippen LogP) is 4.83. The summed E-state index contributed by atoms with van der Waals surface area (Å²) in [5.41, 5.74) is 3.43. The van der Waals surface area contributed by atoms with Crippen molar-refractivity contribution in [2.45, 2.75) is 19.7 Å². The van der Waals surface area contributed by atoms with Crippen LogP contribution in [0.2, 0.25) is 0 Å². The summed E-state index contributed by atoms with van der Waals surface area (Å²) in [4.78, 5) is 0. The van der Waals surface area contributed by atoms with Gasteiger partial charge in [-0.15, -0.1) is 11.6 Å². The summed E-state index contributed by atoms with van der Waals surface area (Å²) in [5.74, 6) is 2.13. The van der Waals surface area contributed by atoms with E-state index in [1.807, 2.05) is 43.3 Å². The zero-order chi connectivity index (χ0) is 12.3. The number of hydrogen-bond acceptors (Lipinski definition) is 1. The lowest BCUT2D eigenvalue weighted by atomic mass is 10.1. The van der Waals surface area contributed by atoms with Crippen LogP contribution in [0.25, 0.3) is 0 Å². The zero-order valence-electron chi connectivity index (χ0n) is 10.0. The Balaban J connectivity index is 2.26. The van der Waals surface area contributed by atoms with Crippen LogP contribution in [0.3, 0.4) is 0 Å². The Morgan fingerprint density at radius 2 is 1.59 bits per heavy atom. The normalized spacial score (nSPS) is 10.3. The van der Waals surface area contributed by atoms with E-state index >= 15 is 0 Å². The molecule has 0 aliphatic carbocycles. The number of alkyl halides is 1. The molecule has 0 aromatic heterocycles. The number of aryl methyl sites for hydroxylation is 2. The molecule has 0 atom stereocenters. The third kappa shape index (κ3) is 3.01. The molecule has 0 saturated heterocycles. The van der Waals surface area contributed by atoms with Crippen molar-refractivity contribution in [2.24, 2.45) is 0 Å². The molecule has 88 valence electrons. The average molecular weight is 247 g/mol. The van der Waals surface area contributed by atoms with Gasteiger partial charge in [-0.05, 0) is 32.0 Å². The molecule has 0 spiro atoms. The van der Waals surface area contributed by atoms with Crippen molar-refractivity contribution in [2.75, 3.05) is 0 Å². The first-order chi connectivity index (χ1) is 8.19. The second-order valence-electron chi connectivity index (χ2n) is 4.16. The highest BCUT2D eigenvalue weighted by Gasteiger charge is 2.04. The van der Waals surface area contributed by atoms with Gasteiger partial charge in [-0.25, -0.2) is 0 Å². The average Bonchev–Trinajstić information content (AvgIpc) is 2.34. The molecular weight excluding hydrogens is 232 g/mol. The van der Waals surface area contributed by atoms with Crippen molar-refractivity contribution in [1.82, 2.24) is 0 Å². The fourth-order valence-electron chi connectivity index (χ4n) is 1.65. The standard InChI is InChI=1S/C15H15ClO/c1-11-3-6-14(7-4-11)17-15-8-5-12(2)9-13(15)10-16/h3-9H,10H2,1-2H3. The van der Waals surface area contributed by atoms with E-state index in [1.165, 1.54) is 11.1 Å². The first kappa shape index (κ1) is 12.0. The highest BCUT2D eigenvalue weighted by atomic mass is 35.5.